The lowest BCUT2D eigenvalue weighted by Crippen LogP contribution is -2.01. The van der Waals surface area contributed by atoms with E-state index in [4.69, 9.17) is 15.0 Å². The summed E-state index contributed by atoms with van der Waals surface area (Å²) in [6.45, 7) is 0. The Bertz CT molecular complexity index is 3690. The van der Waals surface area contributed by atoms with Crippen LogP contribution in [0.5, 0.6) is 0 Å². The highest BCUT2D eigenvalue weighted by atomic mass is 15.0. The Balaban J connectivity index is 1.10. The van der Waals surface area contributed by atoms with E-state index in [-0.39, 0.29) is 0 Å². The molecule has 4 heteroatoms. The van der Waals surface area contributed by atoms with Crippen LogP contribution in [0.2, 0.25) is 0 Å². The summed E-state index contributed by atoms with van der Waals surface area (Å²) in [6.07, 6.45) is 0. The molecular weight excluding hydrogens is 729 g/mol. The monoisotopic (exact) mass is 760 g/mol. The number of rotatable bonds is 5. The lowest BCUT2D eigenvalue weighted by atomic mass is 9.86. The van der Waals surface area contributed by atoms with E-state index in [9.17, 15) is 5.26 Å². The third-order valence-corrected chi connectivity index (χ3v) is 12.1. The number of fused-ring (bicyclic) bond motifs is 2. The first-order valence-electron chi connectivity index (χ1n) is 20.2. The van der Waals surface area contributed by atoms with Gasteiger partial charge in [0.25, 0.3) is 0 Å². The Hall–Kier alpha value is -8.26. The molecule has 0 saturated heterocycles. The summed E-state index contributed by atoms with van der Waals surface area (Å²) >= 11 is 0. The van der Waals surface area contributed by atoms with Crippen molar-refractivity contribution in [1.29, 1.82) is 5.26 Å². The van der Waals surface area contributed by atoms with Gasteiger partial charge in [-0.3, -0.25) is 0 Å². The molecule has 276 valence electrons. The van der Waals surface area contributed by atoms with Crippen molar-refractivity contribution in [3.05, 3.63) is 200 Å². The van der Waals surface area contributed by atoms with Crippen molar-refractivity contribution in [3.8, 4) is 62.5 Å². The fourth-order valence-electron chi connectivity index (χ4n) is 9.26. The molecule has 0 bridgehead atoms. The molecule has 0 aliphatic rings. The van der Waals surface area contributed by atoms with Crippen LogP contribution in [0.3, 0.4) is 0 Å². The normalized spacial score (nSPS) is 11.7. The fraction of sp³-hybridized carbons (Fsp3) is 0. The lowest BCUT2D eigenvalue weighted by molar-refractivity contribution is 1.07. The number of hydrogen-bond donors (Lipinski definition) is 0. The Morgan fingerprint density at radius 2 is 0.750 bits per heavy atom. The van der Waals surface area contributed by atoms with Crippen molar-refractivity contribution < 1.29 is 0 Å². The predicted octanol–water partition coefficient (Wildman–Crippen LogP) is 14.4. The minimum Gasteiger partial charge on any atom is -0.208 e. The summed E-state index contributed by atoms with van der Waals surface area (Å²) in [6, 6.07) is 70.7. The van der Waals surface area contributed by atoms with E-state index in [1.807, 2.05) is 54.6 Å². The molecule has 0 aliphatic heterocycles. The van der Waals surface area contributed by atoms with Gasteiger partial charge in [0.15, 0.2) is 17.5 Å². The standard InChI is InChI=1S/C56H32N4/c57-33-34-19-21-35(22-20-34)36-23-28-41(29-24-36)55-58-54(40-9-2-1-3-10-40)59-56(60-55)48-15-5-4-14-44(48)43-31-42-30-27-39-12-7-17-46-45-16-6-11-37-25-26-38-13-8-18-47(52(38)50(37)45)49(32-43)53(42)51(39)46/h1-32H. The van der Waals surface area contributed by atoms with Gasteiger partial charge in [-0.25, -0.2) is 15.0 Å². The van der Waals surface area contributed by atoms with Crippen LogP contribution >= 0.6 is 0 Å². The first-order valence-corrected chi connectivity index (χ1v) is 20.2. The number of hydrogen-bond acceptors (Lipinski definition) is 4. The molecule has 60 heavy (non-hydrogen) atoms. The van der Waals surface area contributed by atoms with Gasteiger partial charge in [0.1, 0.15) is 0 Å². The van der Waals surface area contributed by atoms with Crippen LogP contribution in [0.15, 0.2) is 194 Å². The number of benzene rings is 10. The van der Waals surface area contributed by atoms with Gasteiger partial charge in [-0.2, -0.15) is 5.26 Å². The van der Waals surface area contributed by atoms with Gasteiger partial charge in [-0.1, -0.05) is 170 Å². The molecule has 0 amide bonds. The molecular formula is C56H32N4. The van der Waals surface area contributed by atoms with E-state index in [1.165, 1.54) is 64.6 Å². The Kier molecular flexibility index (Phi) is 7.57. The number of nitriles is 1. The van der Waals surface area contributed by atoms with Crippen LogP contribution in [-0.2, 0) is 0 Å². The van der Waals surface area contributed by atoms with E-state index < -0.39 is 0 Å². The maximum atomic E-state index is 9.29. The van der Waals surface area contributed by atoms with Crippen molar-refractivity contribution in [2.75, 3.05) is 0 Å². The SMILES string of the molecule is N#Cc1ccc(-c2ccc(-c3nc(-c4ccccc4)nc(-c4ccccc4-c4cc5ccc6cccc7c8cccc9ccc%10cccc(c(c4)c5c67)c%10c98)n3)cc2)cc1. The molecule has 0 saturated carbocycles. The van der Waals surface area contributed by atoms with E-state index in [0.717, 1.165) is 38.9 Å². The molecule has 0 N–H and O–H groups in total. The van der Waals surface area contributed by atoms with Crippen LogP contribution < -0.4 is 0 Å². The average molecular weight is 761 g/mol. The maximum Gasteiger partial charge on any atom is 0.164 e. The van der Waals surface area contributed by atoms with E-state index in [1.54, 1.807) is 0 Å². The summed E-state index contributed by atoms with van der Waals surface area (Å²) in [4.78, 5) is 15.5. The quantitative estimate of drug-likeness (QED) is 0.164. The zero-order valence-corrected chi connectivity index (χ0v) is 32.3. The Labute approximate surface area is 345 Å². The molecule has 12 rings (SSSR count). The highest BCUT2D eigenvalue weighted by molar-refractivity contribution is 6.37. The summed E-state index contributed by atoms with van der Waals surface area (Å²) in [7, 11) is 0. The third kappa shape index (κ3) is 5.34. The van der Waals surface area contributed by atoms with Crippen LogP contribution in [-0.4, -0.2) is 15.0 Å². The second kappa shape index (κ2) is 13.4. The van der Waals surface area contributed by atoms with Gasteiger partial charge in [0.05, 0.1) is 11.6 Å². The molecule has 0 aliphatic carbocycles. The largest absolute Gasteiger partial charge is 0.208 e. The number of nitrogens with zero attached hydrogens (tertiary/aromatic N) is 4. The molecule has 0 unspecified atom stereocenters. The third-order valence-electron chi connectivity index (χ3n) is 12.1. The second-order valence-electron chi connectivity index (χ2n) is 15.4. The molecule has 1 aromatic heterocycles. The minimum absolute atomic E-state index is 0.596. The van der Waals surface area contributed by atoms with Crippen LogP contribution in [0.4, 0.5) is 0 Å². The topological polar surface area (TPSA) is 62.5 Å². The van der Waals surface area contributed by atoms with Gasteiger partial charge in [0.2, 0.25) is 0 Å². The van der Waals surface area contributed by atoms with Crippen molar-refractivity contribution >= 4 is 64.6 Å². The van der Waals surface area contributed by atoms with Crippen molar-refractivity contribution in [3.63, 3.8) is 0 Å². The maximum absolute atomic E-state index is 9.29. The first kappa shape index (κ1) is 33.8. The highest BCUT2D eigenvalue weighted by Gasteiger charge is 2.19. The zero-order chi connectivity index (χ0) is 39.7. The highest BCUT2D eigenvalue weighted by Crippen LogP contribution is 2.45. The van der Waals surface area contributed by atoms with Gasteiger partial charge in [0, 0.05) is 16.7 Å². The van der Waals surface area contributed by atoms with E-state index in [2.05, 4.69) is 146 Å². The van der Waals surface area contributed by atoms with Crippen LogP contribution in [0.1, 0.15) is 5.56 Å². The molecule has 1 heterocycles. The summed E-state index contributed by atoms with van der Waals surface area (Å²) < 4.78 is 0. The summed E-state index contributed by atoms with van der Waals surface area (Å²) in [5.41, 5.74) is 7.60. The molecule has 12 aromatic rings. The second-order valence-corrected chi connectivity index (χ2v) is 15.4. The van der Waals surface area contributed by atoms with Crippen molar-refractivity contribution in [2.45, 2.75) is 0 Å². The molecule has 0 radical (unpaired) electrons. The van der Waals surface area contributed by atoms with Gasteiger partial charge < -0.3 is 0 Å². The molecule has 0 spiro atoms. The summed E-state index contributed by atoms with van der Waals surface area (Å²) in [5, 5.41) is 24.3. The smallest absolute Gasteiger partial charge is 0.164 e. The lowest BCUT2D eigenvalue weighted by Gasteiger charge is -2.18. The molecule has 11 aromatic carbocycles. The fourth-order valence-corrected chi connectivity index (χ4v) is 9.26. The average Bonchev–Trinajstić information content (AvgIpc) is 3.32. The van der Waals surface area contributed by atoms with Crippen molar-refractivity contribution in [1.82, 2.24) is 15.0 Å². The van der Waals surface area contributed by atoms with Crippen LogP contribution in [0, 0.1) is 11.3 Å². The van der Waals surface area contributed by atoms with Crippen LogP contribution in [0.25, 0.3) is 121 Å². The Morgan fingerprint density at radius 3 is 1.33 bits per heavy atom. The van der Waals surface area contributed by atoms with Crippen molar-refractivity contribution in [2.24, 2.45) is 0 Å². The van der Waals surface area contributed by atoms with E-state index in [0.29, 0.717) is 23.0 Å². The number of aromatic nitrogens is 3. The van der Waals surface area contributed by atoms with Gasteiger partial charge in [-0.05, 0) is 111 Å². The molecule has 0 atom stereocenters. The van der Waals surface area contributed by atoms with Gasteiger partial charge in [-0.15, -0.1) is 0 Å². The minimum atomic E-state index is 0.596. The summed E-state index contributed by atoms with van der Waals surface area (Å²) in [5.74, 6) is 1.81. The van der Waals surface area contributed by atoms with Gasteiger partial charge >= 0.3 is 0 Å². The Morgan fingerprint density at radius 1 is 0.300 bits per heavy atom. The first-order chi connectivity index (χ1) is 29.7. The molecule has 4 nitrogen and oxygen atoms in total. The molecule has 0 fully saturated rings. The zero-order valence-electron chi connectivity index (χ0n) is 32.3. The predicted molar refractivity (Wildman–Crippen MR) is 248 cm³/mol. The van der Waals surface area contributed by atoms with E-state index >= 15 is 0 Å².